The van der Waals surface area contributed by atoms with Crippen molar-refractivity contribution in [3.8, 4) is 0 Å². The Balaban J connectivity index is 1.65. The van der Waals surface area contributed by atoms with Gasteiger partial charge in [0.25, 0.3) is 0 Å². The second-order valence-corrected chi connectivity index (χ2v) is 11.0. The Morgan fingerprint density at radius 2 is 1.56 bits per heavy atom. The van der Waals surface area contributed by atoms with Gasteiger partial charge in [0.1, 0.15) is 0 Å². The highest BCUT2D eigenvalue weighted by Crippen LogP contribution is 2.24. The van der Waals surface area contributed by atoms with Crippen LogP contribution in [-0.4, -0.2) is 63.8 Å². The molecule has 2 saturated heterocycles. The van der Waals surface area contributed by atoms with E-state index < -0.39 is 26.0 Å². The maximum Gasteiger partial charge on any atom is 0.243 e. The third kappa shape index (κ3) is 4.68. The molecule has 8 nitrogen and oxygen atoms in total. The van der Waals surface area contributed by atoms with E-state index in [2.05, 4.69) is 5.32 Å². The summed E-state index contributed by atoms with van der Waals surface area (Å²) >= 11 is 0. The Labute approximate surface area is 160 Å². The first-order valence-electron chi connectivity index (χ1n) is 9.04. The van der Waals surface area contributed by atoms with Crippen molar-refractivity contribution >= 4 is 31.6 Å². The van der Waals surface area contributed by atoms with Gasteiger partial charge in [-0.1, -0.05) is 0 Å². The van der Waals surface area contributed by atoms with Gasteiger partial charge in [-0.3, -0.25) is 4.79 Å². The molecule has 2 aliphatic heterocycles. The van der Waals surface area contributed by atoms with Gasteiger partial charge in [-0.05, 0) is 49.9 Å². The van der Waals surface area contributed by atoms with Crippen molar-refractivity contribution in [1.82, 2.24) is 8.61 Å². The molecular weight excluding hydrogens is 390 g/mol. The summed E-state index contributed by atoms with van der Waals surface area (Å²) in [6.07, 6.45) is 4.16. The molecule has 27 heavy (non-hydrogen) atoms. The lowest BCUT2D eigenvalue weighted by atomic mass is 9.99. The van der Waals surface area contributed by atoms with Crippen LogP contribution in [0.15, 0.2) is 29.2 Å². The molecule has 1 aromatic rings. The summed E-state index contributed by atoms with van der Waals surface area (Å²) in [7, 11) is -6.79. The van der Waals surface area contributed by atoms with Gasteiger partial charge >= 0.3 is 0 Å². The maximum absolute atomic E-state index is 12.5. The number of nitrogens with zero attached hydrogens (tertiary/aromatic N) is 2. The molecule has 150 valence electrons. The molecule has 1 atom stereocenters. The Kier molecular flexibility index (Phi) is 5.90. The van der Waals surface area contributed by atoms with Crippen LogP contribution < -0.4 is 5.32 Å². The van der Waals surface area contributed by atoms with E-state index in [1.165, 1.54) is 20.7 Å². The number of anilines is 1. The minimum absolute atomic E-state index is 0.173. The number of carbonyl (C=O) groups is 1. The molecule has 2 aliphatic rings. The first kappa shape index (κ1) is 20.2. The Morgan fingerprint density at radius 1 is 0.963 bits per heavy atom. The van der Waals surface area contributed by atoms with Crippen LogP contribution in [0.5, 0.6) is 0 Å². The number of hydrogen-bond donors (Lipinski definition) is 1. The SMILES string of the molecule is CS(=O)(=O)N1CCC[C@@H](C(=O)Nc2ccc(S(=O)(=O)N3CCCC3)cc2)C1. The van der Waals surface area contributed by atoms with Gasteiger partial charge in [-0.25, -0.2) is 21.1 Å². The fraction of sp³-hybridized carbons (Fsp3) is 0.588. The molecule has 0 radical (unpaired) electrons. The van der Waals surface area contributed by atoms with E-state index in [-0.39, 0.29) is 17.3 Å². The summed E-state index contributed by atoms with van der Waals surface area (Å²) < 4.78 is 51.2. The van der Waals surface area contributed by atoms with Crippen LogP contribution in [0.4, 0.5) is 5.69 Å². The fourth-order valence-electron chi connectivity index (χ4n) is 3.49. The molecule has 1 amide bonds. The summed E-state index contributed by atoms with van der Waals surface area (Å²) in [5.41, 5.74) is 0.497. The highest BCUT2D eigenvalue weighted by Gasteiger charge is 2.30. The summed E-state index contributed by atoms with van der Waals surface area (Å²) in [5.74, 6) is -0.667. The molecule has 0 spiro atoms. The minimum atomic E-state index is -3.48. The average Bonchev–Trinajstić information content (AvgIpc) is 3.17. The van der Waals surface area contributed by atoms with Crippen LogP contribution in [0.25, 0.3) is 0 Å². The number of amides is 1. The highest BCUT2D eigenvalue weighted by atomic mass is 32.2. The summed E-state index contributed by atoms with van der Waals surface area (Å²) in [5, 5.41) is 2.76. The molecule has 1 aromatic carbocycles. The average molecular weight is 416 g/mol. The number of rotatable bonds is 5. The second kappa shape index (κ2) is 7.86. The third-order valence-electron chi connectivity index (χ3n) is 5.05. The first-order valence-corrected chi connectivity index (χ1v) is 12.3. The lowest BCUT2D eigenvalue weighted by Gasteiger charge is -2.30. The van der Waals surface area contributed by atoms with E-state index in [4.69, 9.17) is 0 Å². The van der Waals surface area contributed by atoms with Crippen LogP contribution in [0.2, 0.25) is 0 Å². The molecule has 0 unspecified atom stereocenters. The zero-order valence-electron chi connectivity index (χ0n) is 15.3. The number of nitrogens with one attached hydrogen (secondary N) is 1. The zero-order chi connectivity index (χ0) is 19.7. The molecule has 0 aromatic heterocycles. The number of benzene rings is 1. The molecule has 1 N–H and O–H groups in total. The lowest BCUT2D eigenvalue weighted by Crippen LogP contribution is -2.43. The zero-order valence-corrected chi connectivity index (χ0v) is 16.9. The van der Waals surface area contributed by atoms with Gasteiger partial charge in [-0.2, -0.15) is 4.31 Å². The largest absolute Gasteiger partial charge is 0.326 e. The van der Waals surface area contributed by atoms with Gasteiger partial charge in [0.2, 0.25) is 26.0 Å². The highest BCUT2D eigenvalue weighted by molar-refractivity contribution is 7.89. The van der Waals surface area contributed by atoms with Gasteiger partial charge < -0.3 is 5.32 Å². The smallest absolute Gasteiger partial charge is 0.243 e. The number of hydrogen-bond acceptors (Lipinski definition) is 5. The van der Waals surface area contributed by atoms with Gasteiger partial charge in [-0.15, -0.1) is 0 Å². The Bertz CT molecular complexity index is 891. The van der Waals surface area contributed by atoms with Crippen molar-refractivity contribution in [1.29, 1.82) is 0 Å². The minimum Gasteiger partial charge on any atom is -0.326 e. The normalized spacial score (nSPS) is 22.6. The number of carbonyl (C=O) groups excluding carboxylic acids is 1. The van der Waals surface area contributed by atoms with Crippen molar-refractivity contribution in [3.05, 3.63) is 24.3 Å². The van der Waals surface area contributed by atoms with Crippen molar-refractivity contribution in [2.75, 3.05) is 37.8 Å². The van der Waals surface area contributed by atoms with Crippen LogP contribution in [0.3, 0.4) is 0 Å². The van der Waals surface area contributed by atoms with E-state index in [0.717, 1.165) is 19.1 Å². The number of piperidine rings is 1. The third-order valence-corrected chi connectivity index (χ3v) is 8.23. The standard InChI is InChI=1S/C17H25N3O5S2/c1-26(22,23)20-12-4-5-14(13-20)17(21)18-15-6-8-16(9-7-15)27(24,25)19-10-2-3-11-19/h6-9,14H,2-5,10-13H2,1H3,(H,18,21)/t14-/m1/s1. The maximum atomic E-state index is 12.5. The Morgan fingerprint density at radius 3 is 2.15 bits per heavy atom. The van der Waals surface area contributed by atoms with E-state index in [1.54, 1.807) is 12.1 Å². The molecule has 0 aliphatic carbocycles. The van der Waals surface area contributed by atoms with Crippen molar-refractivity contribution < 1.29 is 21.6 Å². The van der Waals surface area contributed by atoms with Crippen LogP contribution in [0.1, 0.15) is 25.7 Å². The quantitative estimate of drug-likeness (QED) is 0.775. The van der Waals surface area contributed by atoms with E-state index in [9.17, 15) is 21.6 Å². The van der Waals surface area contributed by atoms with Crippen LogP contribution >= 0.6 is 0 Å². The summed E-state index contributed by atoms with van der Waals surface area (Å²) in [6.45, 7) is 1.69. The molecule has 3 rings (SSSR count). The predicted octanol–water partition coefficient (Wildman–Crippen LogP) is 1.08. The van der Waals surface area contributed by atoms with Crippen molar-refractivity contribution in [3.63, 3.8) is 0 Å². The van der Waals surface area contributed by atoms with Gasteiger partial charge in [0.15, 0.2) is 0 Å². The number of sulfonamides is 2. The lowest BCUT2D eigenvalue weighted by molar-refractivity contribution is -0.120. The molecule has 0 bridgehead atoms. The summed E-state index contributed by atoms with van der Waals surface area (Å²) in [4.78, 5) is 12.7. The molecule has 2 fully saturated rings. The molecule has 0 saturated carbocycles. The van der Waals surface area contributed by atoms with E-state index in [1.807, 2.05) is 0 Å². The Hall–Kier alpha value is -1.49. The topological polar surface area (TPSA) is 104 Å². The van der Waals surface area contributed by atoms with E-state index in [0.29, 0.717) is 38.2 Å². The molecular formula is C17H25N3O5S2. The van der Waals surface area contributed by atoms with Gasteiger partial charge in [0.05, 0.1) is 17.1 Å². The fourth-order valence-corrected chi connectivity index (χ4v) is 5.92. The second-order valence-electron chi connectivity index (χ2n) is 7.08. The van der Waals surface area contributed by atoms with Crippen molar-refractivity contribution in [2.24, 2.45) is 5.92 Å². The molecule has 2 heterocycles. The summed E-state index contributed by atoms with van der Waals surface area (Å²) in [6, 6.07) is 6.12. The van der Waals surface area contributed by atoms with Crippen LogP contribution in [-0.2, 0) is 24.8 Å². The predicted molar refractivity (Wildman–Crippen MR) is 102 cm³/mol. The molecule has 10 heteroatoms. The van der Waals surface area contributed by atoms with Crippen molar-refractivity contribution in [2.45, 2.75) is 30.6 Å². The van der Waals surface area contributed by atoms with Crippen LogP contribution in [0, 0.1) is 5.92 Å². The van der Waals surface area contributed by atoms with E-state index >= 15 is 0 Å². The first-order chi connectivity index (χ1) is 12.7. The van der Waals surface area contributed by atoms with Gasteiger partial charge in [0, 0.05) is 31.9 Å². The monoisotopic (exact) mass is 415 g/mol.